The summed E-state index contributed by atoms with van der Waals surface area (Å²) in [6, 6.07) is 5.49. The number of amides is 2. The summed E-state index contributed by atoms with van der Waals surface area (Å²) in [4.78, 5) is 25.4. The lowest BCUT2D eigenvalue weighted by molar-refractivity contribution is -0.139. The van der Waals surface area contributed by atoms with Crippen LogP contribution in [0.2, 0.25) is 0 Å². The van der Waals surface area contributed by atoms with Crippen molar-refractivity contribution in [2.75, 3.05) is 19.7 Å². The van der Waals surface area contributed by atoms with E-state index in [1.54, 1.807) is 17.9 Å². The molecule has 5 nitrogen and oxygen atoms in total. The van der Waals surface area contributed by atoms with Crippen molar-refractivity contribution in [3.63, 3.8) is 0 Å². The third-order valence-electron chi connectivity index (χ3n) is 3.91. The van der Waals surface area contributed by atoms with Gasteiger partial charge in [0, 0.05) is 25.6 Å². The monoisotopic (exact) mass is 286 g/mol. The van der Waals surface area contributed by atoms with Crippen LogP contribution in [0.5, 0.6) is 5.75 Å². The number of carbonyl (C=O) groups excluding carboxylic acids is 2. The van der Waals surface area contributed by atoms with E-state index in [0.29, 0.717) is 13.1 Å². The summed E-state index contributed by atoms with van der Waals surface area (Å²) in [6.45, 7) is 3.53. The normalized spacial score (nSPS) is 21.1. The SMILES string of the molecule is CC1C(=O)NCCN1C(=O)/C=C/c1ccc2c(c1)CCO2. The molecule has 110 valence electrons. The molecule has 5 heteroatoms. The van der Waals surface area contributed by atoms with Crippen LogP contribution in [0.4, 0.5) is 0 Å². The number of carbonyl (C=O) groups is 2. The number of ether oxygens (including phenoxy) is 1. The van der Waals surface area contributed by atoms with E-state index >= 15 is 0 Å². The molecule has 3 rings (SSSR count). The zero-order valence-corrected chi connectivity index (χ0v) is 12.0. The van der Waals surface area contributed by atoms with Gasteiger partial charge in [0.1, 0.15) is 11.8 Å². The molecule has 1 N–H and O–H groups in total. The zero-order valence-electron chi connectivity index (χ0n) is 12.0. The molecule has 0 aromatic heterocycles. The van der Waals surface area contributed by atoms with Gasteiger partial charge in [0.25, 0.3) is 0 Å². The number of nitrogens with one attached hydrogen (secondary N) is 1. The molecule has 1 aromatic carbocycles. The van der Waals surface area contributed by atoms with Crippen molar-refractivity contribution in [1.82, 2.24) is 10.2 Å². The van der Waals surface area contributed by atoms with Gasteiger partial charge >= 0.3 is 0 Å². The Morgan fingerprint density at radius 1 is 1.48 bits per heavy atom. The van der Waals surface area contributed by atoms with Gasteiger partial charge in [0.15, 0.2) is 0 Å². The average molecular weight is 286 g/mol. The van der Waals surface area contributed by atoms with Crippen molar-refractivity contribution in [2.24, 2.45) is 0 Å². The number of piperazine rings is 1. The van der Waals surface area contributed by atoms with Crippen LogP contribution in [-0.4, -0.2) is 42.5 Å². The third kappa shape index (κ3) is 2.77. The number of benzene rings is 1. The molecule has 1 atom stereocenters. The fourth-order valence-electron chi connectivity index (χ4n) is 2.66. The fraction of sp³-hybridized carbons (Fsp3) is 0.375. The van der Waals surface area contributed by atoms with Crippen molar-refractivity contribution in [3.8, 4) is 5.75 Å². The largest absolute Gasteiger partial charge is 0.493 e. The summed E-state index contributed by atoms with van der Waals surface area (Å²) in [5, 5.41) is 2.75. The van der Waals surface area contributed by atoms with Gasteiger partial charge in [-0.1, -0.05) is 6.07 Å². The Balaban J connectivity index is 1.70. The molecule has 0 spiro atoms. The van der Waals surface area contributed by atoms with E-state index < -0.39 is 6.04 Å². The zero-order chi connectivity index (χ0) is 14.8. The van der Waals surface area contributed by atoms with E-state index in [9.17, 15) is 9.59 Å². The van der Waals surface area contributed by atoms with Gasteiger partial charge in [-0.2, -0.15) is 0 Å². The first-order valence-corrected chi connectivity index (χ1v) is 7.17. The van der Waals surface area contributed by atoms with E-state index in [4.69, 9.17) is 4.74 Å². The van der Waals surface area contributed by atoms with Crippen molar-refractivity contribution >= 4 is 17.9 Å². The highest BCUT2D eigenvalue weighted by molar-refractivity contribution is 5.96. The molecule has 1 aromatic rings. The van der Waals surface area contributed by atoms with Crippen LogP contribution < -0.4 is 10.1 Å². The number of nitrogens with zero attached hydrogens (tertiary/aromatic N) is 1. The summed E-state index contributed by atoms with van der Waals surface area (Å²) in [5.74, 6) is 0.701. The van der Waals surface area contributed by atoms with Crippen LogP contribution in [0.1, 0.15) is 18.1 Å². The first-order valence-electron chi connectivity index (χ1n) is 7.17. The van der Waals surface area contributed by atoms with Crippen LogP contribution in [0, 0.1) is 0 Å². The maximum absolute atomic E-state index is 12.2. The smallest absolute Gasteiger partial charge is 0.247 e. The molecule has 21 heavy (non-hydrogen) atoms. The molecule has 0 radical (unpaired) electrons. The van der Waals surface area contributed by atoms with E-state index in [0.717, 1.165) is 24.3 Å². The molecule has 2 aliphatic heterocycles. The maximum atomic E-state index is 12.2. The van der Waals surface area contributed by atoms with Crippen LogP contribution in [0.3, 0.4) is 0 Å². The molecule has 2 heterocycles. The molecule has 2 amide bonds. The lowest BCUT2D eigenvalue weighted by Gasteiger charge is -2.31. The Morgan fingerprint density at radius 2 is 2.33 bits per heavy atom. The minimum atomic E-state index is -0.413. The van der Waals surface area contributed by atoms with Gasteiger partial charge in [-0.25, -0.2) is 0 Å². The van der Waals surface area contributed by atoms with E-state index in [1.165, 1.54) is 11.6 Å². The van der Waals surface area contributed by atoms with Crippen LogP contribution >= 0.6 is 0 Å². The topological polar surface area (TPSA) is 58.6 Å². The van der Waals surface area contributed by atoms with Crippen LogP contribution in [0.15, 0.2) is 24.3 Å². The highest BCUT2D eigenvalue weighted by Crippen LogP contribution is 2.26. The highest BCUT2D eigenvalue weighted by Gasteiger charge is 2.27. The number of hydrogen-bond donors (Lipinski definition) is 1. The summed E-state index contributed by atoms with van der Waals surface area (Å²) in [5.41, 5.74) is 2.15. The lowest BCUT2D eigenvalue weighted by atomic mass is 10.1. The van der Waals surface area contributed by atoms with Gasteiger partial charge < -0.3 is 15.0 Å². The summed E-state index contributed by atoms with van der Waals surface area (Å²) in [7, 11) is 0. The third-order valence-corrected chi connectivity index (χ3v) is 3.91. The van der Waals surface area contributed by atoms with Gasteiger partial charge in [-0.3, -0.25) is 9.59 Å². The lowest BCUT2D eigenvalue weighted by Crippen LogP contribution is -2.55. The summed E-state index contributed by atoms with van der Waals surface area (Å²) >= 11 is 0. The molecule has 1 fully saturated rings. The first kappa shape index (κ1) is 13.7. The van der Waals surface area contributed by atoms with Gasteiger partial charge in [0.05, 0.1) is 6.61 Å². The first-order chi connectivity index (χ1) is 10.1. The van der Waals surface area contributed by atoms with Crippen molar-refractivity contribution in [1.29, 1.82) is 0 Å². The second-order valence-electron chi connectivity index (χ2n) is 5.30. The molecule has 2 aliphatic rings. The van der Waals surface area contributed by atoms with Crippen molar-refractivity contribution < 1.29 is 14.3 Å². The standard InChI is InChI=1S/C16H18N2O3/c1-11-16(20)17-7-8-18(11)15(19)5-3-12-2-4-14-13(10-12)6-9-21-14/h2-5,10-11H,6-9H2,1H3,(H,17,20)/b5-3+. The number of fused-ring (bicyclic) bond motifs is 1. The molecular formula is C16H18N2O3. The molecule has 1 saturated heterocycles. The molecular weight excluding hydrogens is 268 g/mol. The molecule has 0 aliphatic carbocycles. The molecule has 0 saturated carbocycles. The van der Waals surface area contributed by atoms with E-state index in [1.807, 2.05) is 18.2 Å². The van der Waals surface area contributed by atoms with E-state index in [2.05, 4.69) is 5.32 Å². The summed E-state index contributed by atoms with van der Waals surface area (Å²) in [6.07, 6.45) is 4.24. The second kappa shape index (κ2) is 5.60. The quantitative estimate of drug-likeness (QED) is 0.825. The number of rotatable bonds is 2. The maximum Gasteiger partial charge on any atom is 0.247 e. The van der Waals surface area contributed by atoms with Crippen LogP contribution in [0.25, 0.3) is 6.08 Å². The predicted octanol–water partition coefficient (Wildman–Crippen LogP) is 0.982. The summed E-state index contributed by atoms with van der Waals surface area (Å²) < 4.78 is 5.46. The van der Waals surface area contributed by atoms with Gasteiger partial charge in [0.2, 0.25) is 11.8 Å². The Labute approximate surface area is 123 Å². The highest BCUT2D eigenvalue weighted by atomic mass is 16.5. The van der Waals surface area contributed by atoms with Crippen LogP contribution in [-0.2, 0) is 16.0 Å². The Kier molecular flexibility index (Phi) is 3.64. The van der Waals surface area contributed by atoms with Crippen molar-refractivity contribution in [2.45, 2.75) is 19.4 Å². The Morgan fingerprint density at radius 3 is 3.19 bits per heavy atom. The minimum absolute atomic E-state index is 0.0994. The Bertz CT molecular complexity index is 610. The molecule has 0 bridgehead atoms. The number of hydrogen-bond acceptors (Lipinski definition) is 3. The van der Waals surface area contributed by atoms with Gasteiger partial charge in [-0.05, 0) is 36.3 Å². The van der Waals surface area contributed by atoms with Crippen molar-refractivity contribution in [3.05, 3.63) is 35.4 Å². The second-order valence-corrected chi connectivity index (χ2v) is 5.30. The predicted molar refractivity (Wildman–Crippen MR) is 78.9 cm³/mol. The minimum Gasteiger partial charge on any atom is -0.493 e. The Hall–Kier alpha value is -2.30. The van der Waals surface area contributed by atoms with E-state index in [-0.39, 0.29) is 11.8 Å². The fourth-order valence-corrected chi connectivity index (χ4v) is 2.66. The molecule has 1 unspecified atom stereocenters. The van der Waals surface area contributed by atoms with Gasteiger partial charge in [-0.15, -0.1) is 0 Å². The average Bonchev–Trinajstić information content (AvgIpc) is 2.95.